The van der Waals surface area contributed by atoms with Gasteiger partial charge in [0.2, 0.25) is 0 Å². The fraction of sp³-hybridized carbons (Fsp3) is 0.0909. The van der Waals surface area contributed by atoms with Gasteiger partial charge in [-0.2, -0.15) is 10.5 Å². The summed E-state index contributed by atoms with van der Waals surface area (Å²) < 4.78 is 0. The summed E-state index contributed by atoms with van der Waals surface area (Å²) in [6, 6.07) is 21.0. The topological polar surface area (TPSA) is 95.5 Å². The van der Waals surface area contributed by atoms with Gasteiger partial charge < -0.3 is 10.4 Å². The Kier molecular flexibility index (Phi) is 7.60. The number of quaternary nitrogens is 2. The van der Waals surface area contributed by atoms with Crippen molar-refractivity contribution < 1.29 is 20.9 Å². The monoisotopic (exact) mass is 446 g/mol. The third kappa shape index (κ3) is 5.26. The normalized spacial score (nSPS) is 15.7. The summed E-state index contributed by atoms with van der Waals surface area (Å²) in [4.78, 5) is 0. The fourth-order valence-electron chi connectivity index (χ4n) is 3.08. The van der Waals surface area contributed by atoms with Crippen LogP contribution in [0.3, 0.4) is 0 Å². The largest absolute Gasteiger partial charge is 0.595 e. The molecule has 0 bridgehead atoms. The highest BCUT2D eigenvalue weighted by Gasteiger charge is 2.28. The Hall–Kier alpha value is -2.26. The molecule has 0 amide bonds. The summed E-state index contributed by atoms with van der Waals surface area (Å²) in [7, 11) is 0. The minimum absolute atomic E-state index is 0.127. The molecule has 0 heterocycles. The van der Waals surface area contributed by atoms with Gasteiger partial charge in [0.1, 0.15) is 0 Å². The van der Waals surface area contributed by atoms with E-state index in [1.165, 1.54) is 6.07 Å². The first kappa shape index (κ1) is 22.4. The first-order valence-electron chi connectivity index (χ1n) is 9.09. The average Bonchev–Trinajstić information content (AvgIpc) is 2.77. The maximum atomic E-state index is 11.8. The van der Waals surface area contributed by atoms with E-state index in [0.29, 0.717) is 5.56 Å². The van der Waals surface area contributed by atoms with Crippen LogP contribution in [0, 0.1) is 10.4 Å². The van der Waals surface area contributed by atoms with E-state index in [0.717, 1.165) is 17.2 Å². The smallest absolute Gasteiger partial charge is 0.177 e. The fourth-order valence-corrected chi connectivity index (χ4v) is 3.69. The molecule has 0 spiro atoms. The van der Waals surface area contributed by atoms with Crippen molar-refractivity contribution in [3.63, 3.8) is 0 Å². The molecule has 0 aromatic heterocycles. The molecule has 2 unspecified atom stereocenters. The summed E-state index contributed by atoms with van der Waals surface area (Å²) >= 11 is 13.1. The molecule has 4 N–H and O–H groups in total. The lowest BCUT2D eigenvalue weighted by molar-refractivity contribution is -0.996. The van der Waals surface area contributed by atoms with Crippen LogP contribution in [0.5, 0.6) is 0 Å². The second-order valence-electron chi connectivity index (χ2n) is 6.60. The molecule has 0 radical (unpaired) electrons. The predicted molar refractivity (Wildman–Crippen MR) is 117 cm³/mol. The molecule has 3 aromatic carbocycles. The van der Waals surface area contributed by atoms with Crippen LogP contribution in [0.2, 0.25) is 0 Å². The number of rotatable bonds is 7. The van der Waals surface area contributed by atoms with Gasteiger partial charge in [-0.1, -0.05) is 66.7 Å². The van der Waals surface area contributed by atoms with E-state index >= 15 is 0 Å². The quantitative estimate of drug-likeness (QED) is 0.251. The number of halogens is 2. The Labute approximate surface area is 183 Å². The summed E-state index contributed by atoms with van der Waals surface area (Å²) in [6.07, 6.45) is 3.38. The summed E-state index contributed by atoms with van der Waals surface area (Å²) in [5, 5.41) is 38.8. The van der Waals surface area contributed by atoms with Gasteiger partial charge in [0.05, 0.1) is 16.8 Å². The Morgan fingerprint density at radius 1 is 0.733 bits per heavy atom. The van der Waals surface area contributed by atoms with E-state index in [4.69, 9.17) is 23.2 Å². The Morgan fingerprint density at radius 2 is 1.30 bits per heavy atom. The van der Waals surface area contributed by atoms with Crippen LogP contribution in [0.25, 0.3) is 12.2 Å². The van der Waals surface area contributed by atoms with E-state index in [9.17, 15) is 20.8 Å². The maximum Gasteiger partial charge on any atom is 0.177 e. The van der Waals surface area contributed by atoms with E-state index in [-0.39, 0.29) is 16.9 Å². The lowest BCUT2D eigenvalue weighted by Gasteiger charge is -2.24. The van der Waals surface area contributed by atoms with Crippen LogP contribution in [-0.2, 0) is 0 Å². The van der Waals surface area contributed by atoms with E-state index < -0.39 is 21.2 Å². The minimum Gasteiger partial charge on any atom is -0.595 e. The summed E-state index contributed by atoms with van der Waals surface area (Å²) in [5.74, 6) is 0. The van der Waals surface area contributed by atoms with Crippen molar-refractivity contribution >= 4 is 46.7 Å². The maximum absolute atomic E-state index is 11.8. The molecule has 156 valence electrons. The molecule has 3 aromatic rings. The van der Waals surface area contributed by atoms with Crippen LogP contribution < -0.4 is 10.5 Å². The molecule has 0 aliphatic carbocycles. The first-order chi connectivity index (χ1) is 14.4. The summed E-state index contributed by atoms with van der Waals surface area (Å²) in [6.45, 7) is 0. The standard InChI is InChI=1S/C22H20Cl2N2O4/c23-21(16-9-5-2-6-10-16)22(24)18-13-17(12-11-15-7-3-1-4-8-15)19(25(27)28)14-20(18)26(29)30/h1-14,21-22,25-27,29H/t21-,22+/m0/s1. The minimum atomic E-state index is -1.27. The predicted octanol–water partition coefficient (Wildman–Crippen LogP) is 3.92. The Morgan fingerprint density at radius 3 is 1.87 bits per heavy atom. The zero-order valence-corrected chi connectivity index (χ0v) is 17.2. The number of hydrogen-bond donors (Lipinski definition) is 4. The highest BCUT2D eigenvalue weighted by Crippen LogP contribution is 2.42. The highest BCUT2D eigenvalue weighted by molar-refractivity contribution is 6.30. The second kappa shape index (κ2) is 10.2. The van der Waals surface area contributed by atoms with Crippen molar-refractivity contribution in [2.24, 2.45) is 0 Å². The first-order valence-corrected chi connectivity index (χ1v) is 9.96. The van der Waals surface area contributed by atoms with Crippen molar-refractivity contribution in [1.29, 1.82) is 0 Å². The average molecular weight is 447 g/mol. The van der Waals surface area contributed by atoms with Crippen molar-refractivity contribution in [2.45, 2.75) is 10.8 Å². The second-order valence-corrected chi connectivity index (χ2v) is 7.54. The molecule has 0 fully saturated rings. The van der Waals surface area contributed by atoms with Gasteiger partial charge in [-0.05, 0) is 23.3 Å². The molecular formula is C22H20Cl2N2O4. The van der Waals surface area contributed by atoms with Crippen LogP contribution in [0.4, 0.5) is 11.4 Å². The van der Waals surface area contributed by atoms with Gasteiger partial charge in [-0.3, -0.25) is 0 Å². The van der Waals surface area contributed by atoms with Crippen molar-refractivity contribution in [2.75, 3.05) is 0 Å². The molecule has 0 saturated heterocycles. The van der Waals surface area contributed by atoms with Gasteiger partial charge in [-0.15, -0.1) is 23.2 Å². The SMILES string of the molecule is [O-][NH+](O)c1cc([NH+]([O-])O)c([C@@H](Cl)[C@@H](Cl)c2ccccc2)cc1C=Cc1ccccc1. The Bertz CT molecular complexity index is 999. The molecule has 0 aliphatic rings. The van der Waals surface area contributed by atoms with Gasteiger partial charge >= 0.3 is 0 Å². The molecule has 8 heteroatoms. The molecule has 6 nitrogen and oxygen atoms in total. The highest BCUT2D eigenvalue weighted by atomic mass is 35.5. The van der Waals surface area contributed by atoms with E-state index in [1.54, 1.807) is 24.3 Å². The van der Waals surface area contributed by atoms with Gasteiger partial charge in [0, 0.05) is 11.1 Å². The zero-order chi connectivity index (χ0) is 21.7. The molecule has 3 rings (SSSR count). The van der Waals surface area contributed by atoms with Gasteiger partial charge in [0.15, 0.2) is 11.4 Å². The molecular weight excluding hydrogens is 427 g/mol. The lowest BCUT2D eigenvalue weighted by Crippen LogP contribution is -3.01. The van der Waals surface area contributed by atoms with E-state index in [1.807, 2.05) is 48.5 Å². The van der Waals surface area contributed by atoms with Crippen LogP contribution >= 0.6 is 23.2 Å². The molecule has 0 saturated carbocycles. The van der Waals surface area contributed by atoms with Crippen molar-refractivity contribution in [3.8, 4) is 0 Å². The zero-order valence-electron chi connectivity index (χ0n) is 15.7. The molecule has 4 atom stereocenters. The van der Waals surface area contributed by atoms with Gasteiger partial charge in [-0.25, -0.2) is 10.4 Å². The van der Waals surface area contributed by atoms with Gasteiger partial charge in [0.25, 0.3) is 0 Å². The number of alkyl halides is 2. The van der Waals surface area contributed by atoms with Crippen LogP contribution in [0.1, 0.15) is 33.0 Å². The van der Waals surface area contributed by atoms with Crippen molar-refractivity contribution in [1.82, 2.24) is 0 Å². The van der Waals surface area contributed by atoms with Crippen LogP contribution in [0.15, 0.2) is 72.8 Å². The summed E-state index contributed by atoms with van der Waals surface area (Å²) in [5.41, 5.74) is 1.89. The third-order valence-corrected chi connectivity index (χ3v) is 5.73. The number of benzene rings is 3. The van der Waals surface area contributed by atoms with Crippen LogP contribution in [-0.4, -0.2) is 10.4 Å². The number of hydrogen-bond acceptors (Lipinski definition) is 4. The molecule has 0 aliphatic heterocycles. The van der Waals surface area contributed by atoms with Crippen molar-refractivity contribution in [3.05, 3.63) is 105 Å². The molecule has 30 heavy (non-hydrogen) atoms. The van der Waals surface area contributed by atoms with E-state index in [2.05, 4.69) is 0 Å². The number of nitrogens with one attached hydrogen (secondary N) is 2. The lowest BCUT2D eigenvalue weighted by atomic mass is 9.98. The Balaban J connectivity index is 2.08. The third-order valence-electron chi connectivity index (χ3n) is 4.61.